The minimum absolute atomic E-state index is 0.120. The number of hydrogen-bond donors (Lipinski definition) is 1. The molecule has 0 radical (unpaired) electrons. The second-order valence-corrected chi connectivity index (χ2v) is 8.97. The summed E-state index contributed by atoms with van der Waals surface area (Å²) < 4.78 is 0. The molecule has 4 rings (SSSR count). The lowest BCUT2D eigenvalue weighted by molar-refractivity contribution is -0.119. The first kappa shape index (κ1) is 15.5. The first-order chi connectivity index (χ1) is 10.8. The standard InChI is InChI=1S/C21H28O2/c1-4-21(23)12-9-18-16-6-5-14-13-15(22)7-10-19(14,2)17(16)8-11-20(18,21)3/h1,13,16-18,23H,5-12H2,2-3H3/t16-,17+,18-,19-,20-,21+/m0/s1. The molecule has 0 unspecified atom stereocenters. The smallest absolute Gasteiger partial charge is 0.155 e. The van der Waals surface area contributed by atoms with E-state index in [1.807, 2.05) is 6.08 Å². The lowest BCUT2D eigenvalue weighted by atomic mass is 9.46. The van der Waals surface area contributed by atoms with Crippen LogP contribution in [0, 0.1) is 40.9 Å². The van der Waals surface area contributed by atoms with Gasteiger partial charge in [-0.3, -0.25) is 4.79 Å². The Morgan fingerprint density at radius 2 is 1.87 bits per heavy atom. The van der Waals surface area contributed by atoms with Crippen molar-refractivity contribution in [1.29, 1.82) is 0 Å². The van der Waals surface area contributed by atoms with Crippen molar-refractivity contribution >= 4 is 5.78 Å². The lowest BCUT2D eigenvalue weighted by Crippen LogP contribution is -2.54. The average molecular weight is 312 g/mol. The van der Waals surface area contributed by atoms with Gasteiger partial charge in [-0.25, -0.2) is 0 Å². The number of terminal acetylenes is 1. The first-order valence-electron chi connectivity index (χ1n) is 9.28. The number of carbonyl (C=O) groups excluding carboxylic acids is 1. The van der Waals surface area contributed by atoms with Crippen LogP contribution < -0.4 is 0 Å². The summed E-state index contributed by atoms with van der Waals surface area (Å²) in [6.07, 6.45) is 15.6. The Balaban J connectivity index is 1.70. The third kappa shape index (κ3) is 1.84. The summed E-state index contributed by atoms with van der Waals surface area (Å²) in [6.45, 7) is 4.63. The maximum atomic E-state index is 11.8. The van der Waals surface area contributed by atoms with Crippen LogP contribution in [0.2, 0.25) is 0 Å². The largest absolute Gasteiger partial charge is 0.377 e. The van der Waals surface area contributed by atoms with E-state index in [1.54, 1.807) is 0 Å². The highest BCUT2D eigenvalue weighted by molar-refractivity contribution is 5.91. The lowest BCUT2D eigenvalue weighted by Gasteiger charge is -2.58. The zero-order valence-corrected chi connectivity index (χ0v) is 14.4. The predicted molar refractivity (Wildman–Crippen MR) is 90.5 cm³/mol. The Labute approximate surface area is 139 Å². The molecule has 124 valence electrons. The number of carbonyl (C=O) groups is 1. The van der Waals surface area contributed by atoms with Gasteiger partial charge in [-0.1, -0.05) is 25.3 Å². The van der Waals surface area contributed by atoms with Crippen molar-refractivity contribution in [3.8, 4) is 12.3 Å². The highest BCUT2D eigenvalue weighted by Crippen LogP contribution is 2.67. The van der Waals surface area contributed by atoms with Crippen molar-refractivity contribution < 1.29 is 9.90 Å². The third-order valence-electron chi connectivity index (χ3n) is 8.35. The van der Waals surface area contributed by atoms with Crippen LogP contribution in [0.3, 0.4) is 0 Å². The van der Waals surface area contributed by atoms with E-state index in [1.165, 1.54) is 12.0 Å². The molecule has 2 nitrogen and oxygen atoms in total. The molecule has 6 atom stereocenters. The number of rotatable bonds is 0. The molecule has 0 aliphatic heterocycles. The fraction of sp³-hybridized carbons (Fsp3) is 0.762. The van der Waals surface area contributed by atoms with E-state index in [4.69, 9.17) is 6.42 Å². The third-order valence-corrected chi connectivity index (χ3v) is 8.35. The van der Waals surface area contributed by atoms with Crippen LogP contribution in [0.1, 0.15) is 65.2 Å². The quantitative estimate of drug-likeness (QED) is 0.689. The Morgan fingerprint density at radius 1 is 1.13 bits per heavy atom. The predicted octanol–water partition coefficient (Wildman–Crippen LogP) is 3.88. The first-order valence-corrected chi connectivity index (χ1v) is 9.28. The summed E-state index contributed by atoms with van der Waals surface area (Å²) in [5.41, 5.74) is 0.575. The molecule has 0 aromatic heterocycles. The van der Waals surface area contributed by atoms with Gasteiger partial charge in [0.15, 0.2) is 5.78 Å². The van der Waals surface area contributed by atoms with E-state index in [0.717, 1.165) is 38.5 Å². The SMILES string of the molecule is C#C[C@@]1(O)CC[C@H]2[C@H]3CCC4=CC(=O)CC[C@]4(C)[C@@H]3CC[C@@]21C. The molecule has 1 N–H and O–H groups in total. The summed E-state index contributed by atoms with van der Waals surface area (Å²) in [4.78, 5) is 11.8. The van der Waals surface area contributed by atoms with Crippen LogP contribution >= 0.6 is 0 Å². The van der Waals surface area contributed by atoms with Crippen molar-refractivity contribution in [1.82, 2.24) is 0 Å². The maximum Gasteiger partial charge on any atom is 0.155 e. The second-order valence-electron chi connectivity index (χ2n) is 8.97. The molecule has 0 amide bonds. The average Bonchev–Trinajstić information content (AvgIpc) is 2.80. The molecule has 0 bridgehead atoms. The summed E-state index contributed by atoms with van der Waals surface area (Å²) in [7, 11) is 0. The fourth-order valence-corrected chi connectivity index (χ4v) is 6.81. The van der Waals surface area contributed by atoms with Crippen LogP contribution in [0.25, 0.3) is 0 Å². The molecule has 0 heterocycles. The number of fused-ring (bicyclic) bond motifs is 5. The normalized spacial score (nSPS) is 52.0. The fourth-order valence-electron chi connectivity index (χ4n) is 6.81. The van der Waals surface area contributed by atoms with Gasteiger partial charge in [-0.2, -0.15) is 0 Å². The Kier molecular flexibility index (Phi) is 3.18. The van der Waals surface area contributed by atoms with Crippen LogP contribution in [-0.2, 0) is 4.79 Å². The van der Waals surface area contributed by atoms with E-state index in [0.29, 0.717) is 30.0 Å². The molecular weight excluding hydrogens is 284 g/mol. The van der Waals surface area contributed by atoms with Crippen molar-refractivity contribution in [2.75, 3.05) is 0 Å². The monoisotopic (exact) mass is 312 g/mol. The highest BCUT2D eigenvalue weighted by atomic mass is 16.3. The summed E-state index contributed by atoms with van der Waals surface area (Å²) in [5.74, 6) is 4.93. The van der Waals surface area contributed by atoms with E-state index in [9.17, 15) is 9.90 Å². The van der Waals surface area contributed by atoms with Gasteiger partial charge in [-0.15, -0.1) is 6.42 Å². The van der Waals surface area contributed by atoms with E-state index in [-0.39, 0.29) is 10.8 Å². The van der Waals surface area contributed by atoms with Gasteiger partial charge in [-0.05, 0) is 74.2 Å². The molecule has 3 saturated carbocycles. The molecular formula is C21H28O2. The Hall–Kier alpha value is -1.07. The molecule has 4 aliphatic carbocycles. The topological polar surface area (TPSA) is 37.3 Å². The minimum atomic E-state index is -0.914. The zero-order chi connectivity index (χ0) is 16.5. The molecule has 0 aromatic rings. The van der Waals surface area contributed by atoms with Crippen molar-refractivity contribution in [2.45, 2.75) is 70.8 Å². The van der Waals surface area contributed by atoms with E-state index < -0.39 is 5.60 Å². The maximum absolute atomic E-state index is 11.8. The van der Waals surface area contributed by atoms with Gasteiger partial charge in [0.25, 0.3) is 0 Å². The summed E-state index contributed by atoms with van der Waals surface area (Å²) >= 11 is 0. The van der Waals surface area contributed by atoms with Gasteiger partial charge < -0.3 is 5.11 Å². The molecule has 0 aromatic carbocycles. The molecule has 4 aliphatic rings. The van der Waals surface area contributed by atoms with Gasteiger partial charge in [0.1, 0.15) is 5.60 Å². The van der Waals surface area contributed by atoms with Crippen LogP contribution in [0.4, 0.5) is 0 Å². The Bertz CT molecular complexity index is 626. The van der Waals surface area contributed by atoms with Gasteiger partial charge >= 0.3 is 0 Å². The molecule has 2 heteroatoms. The number of allylic oxidation sites excluding steroid dienone is 1. The van der Waals surface area contributed by atoms with Crippen molar-refractivity contribution in [3.05, 3.63) is 11.6 Å². The van der Waals surface area contributed by atoms with Gasteiger partial charge in [0.2, 0.25) is 0 Å². The Morgan fingerprint density at radius 3 is 2.61 bits per heavy atom. The van der Waals surface area contributed by atoms with Crippen LogP contribution in [0.15, 0.2) is 11.6 Å². The number of ketones is 1. The van der Waals surface area contributed by atoms with E-state index >= 15 is 0 Å². The number of hydrogen-bond acceptors (Lipinski definition) is 2. The van der Waals surface area contributed by atoms with Crippen LogP contribution in [-0.4, -0.2) is 16.5 Å². The summed E-state index contributed by atoms with van der Waals surface area (Å²) in [6, 6.07) is 0. The van der Waals surface area contributed by atoms with Crippen molar-refractivity contribution in [2.24, 2.45) is 28.6 Å². The van der Waals surface area contributed by atoms with Crippen molar-refractivity contribution in [3.63, 3.8) is 0 Å². The number of aliphatic hydroxyl groups is 1. The minimum Gasteiger partial charge on any atom is -0.377 e. The molecule has 0 spiro atoms. The zero-order valence-electron chi connectivity index (χ0n) is 14.4. The molecule has 3 fully saturated rings. The molecule has 23 heavy (non-hydrogen) atoms. The summed E-state index contributed by atoms with van der Waals surface area (Å²) in [5, 5.41) is 11.0. The van der Waals surface area contributed by atoms with E-state index in [2.05, 4.69) is 19.8 Å². The van der Waals surface area contributed by atoms with Crippen LogP contribution in [0.5, 0.6) is 0 Å². The van der Waals surface area contributed by atoms with Gasteiger partial charge in [0.05, 0.1) is 0 Å². The molecule has 0 saturated heterocycles. The highest BCUT2D eigenvalue weighted by Gasteiger charge is 2.63. The second kappa shape index (κ2) is 4.73. The van der Waals surface area contributed by atoms with Gasteiger partial charge in [0, 0.05) is 11.8 Å².